The molecule has 0 spiro atoms. The molecule has 1 N–H and O–H groups in total. The molecular weight excluding hydrogens is 254 g/mol. The molecule has 3 heterocycles. The summed E-state index contributed by atoms with van der Waals surface area (Å²) in [7, 11) is 0. The van der Waals surface area contributed by atoms with Crippen LogP contribution in [-0.2, 0) is 0 Å². The summed E-state index contributed by atoms with van der Waals surface area (Å²) in [5.74, 6) is -0.241. The normalized spacial score (nSPS) is 23.4. The van der Waals surface area contributed by atoms with E-state index < -0.39 is 5.97 Å². The lowest BCUT2D eigenvalue weighted by atomic mass is 10.1. The molecule has 108 valence electrons. The maximum absolute atomic E-state index is 11.5. The van der Waals surface area contributed by atoms with Gasteiger partial charge in [0.15, 0.2) is 0 Å². The predicted molar refractivity (Wildman–Crippen MR) is 77.4 cm³/mol. The van der Waals surface area contributed by atoms with Crippen LogP contribution in [0.4, 0.5) is 5.82 Å². The molecule has 5 heteroatoms. The predicted octanol–water partition coefficient (Wildman–Crippen LogP) is 1.76. The van der Waals surface area contributed by atoms with Crippen LogP contribution in [0.2, 0.25) is 0 Å². The van der Waals surface area contributed by atoms with Gasteiger partial charge in [-0.3, -0.25) is 4.90 Å². The molecule has 2 aliphatic heterocycles. The summed E-state index contributed by atoms with van der Waals surface area (Å²) in [5, 5.41) is 9.41. The Bertz CT molecular complexity index is 512. The first-order valence-electron chi connectivity index (χ1n) is 7.34. The van der Waals surface area contributed by atoms with Gasteiger partial charge in [-0.2, -0.15) is 0 Å². The Morgan fingerprint density at radius 2 is 2.10 bits per heavy atom. The van der Waals surface area contributed by atoms with Gasteiger partial charge in [0.1, 0.15) is 11.4 Å². The zero-order chi connectivity index (χ0) is 14.1. The van der Waals surface area contributed by atoms with E-state index in [1.165, 1.54) is 25.9 Å². The van der Waals surface area contributed by atoms with Crippen molar-refractivity contribution in [2.45, 2.75) is 32.2 Å². The van der Waals surface area contributed by atoms with Crippen LogP contribution in [0, 0.1) is 6.92 Å². The number of likely N-dealkylation sites (tertiary alicyclic amines) is 1. The number of aromatic carboxylic acids is 1. The summed E-state index contributed by atoms with van der Waals surface area (Å²) in [5.41, 5.74) is 1.14. The molecule has 1 aromatic rings. The van der Waals surface area contributed by atoms with Crippen LogP contribution >= 0.6 is 0 Å². The Morgan fingerprint density at radius 1 is 1.35 bits per heavy atom. The van der Waals surface area contributed by atoms with Gasteiger partial charge >= 0.3 is 5.97 Å². The minimum Gasteiger partial charge on any atom is -0.478 e. The molecule has 1 aromatic heterocycles. The second-order valence-electron chi connectivity index (χ2n) is 5.76. The Balaban J connectivity index is 1.80. The molecular formula is C15H21N3O2. The molecule has 5 nitrogen and oxygen atoms in total. The van der Waals surface area contributed by atoms with Crippen molar-refractivity contribution >= 4 is 11.8 Å². The van der Waals surface area contributed by atoms with Gasteiger partial charge in [0, 0.05) is 25.3 Å². The van der Waals surface area contributed by atoms with Gasteiger partial charge in [0.2, 0.25) is 0 Å². The average Bonchev–Trinajstić information content (AvgIpc) is 3.09. The Hall–Kier alpha value is -1.62. The number of carboxylic acids is 1. The minimum atomic E-state index is -0.879. The van der Waals surface area contributed by atoms with Crippen molar-refractivity contribution < 1.29 is 9.90 Å². The summed E-state index contributed by atoms with van der Waals surface area (Å²) in [6.07, 6.45) is 5.40. The van der Waals surface area contributed by atoms with Gasteiger partial charge in [-0.15, -0.1) is 0 Å². The molecule has 2 saturated heterocycles. The molecule has 1 unspecified atom stereocenters. The SMILES string of the molecule is Cc1ccnc(N2CCC(N3CCCC3)C2)c1C(=O)O. The van der Waals surface area contributed by atoms with E-state index in [-0.39, 0.29) is 0 Å². The molecule has 0 saturated carbocycles. The fourth-order valence-corrected chi connectivity index (χ4v) is 3.39. The van der Waals surface area contributed by atoms with Crippen LogP contribution in [-0.4, -0.2) is 53.2 Å². The molecule has 0 radical (unpaired) electrons. The number of carboxylic acid groups (broad SMARTS) is 1. The second-order valence-corrected chi connectivity index (χ2v) is 5.76. The number of aromatic nitrogens is 1. The fraction of sp³-hybridized carbons (Fsp3) is 0.600. The first kappa shape index (κ1) is 13.4. The lowest BCUT2D eigenvalue weighted by Gasteiger charge is -2.24. The van der Waals surface area contributed by atoms with E-state index in [9.17, 15) is 9.90 Å². The first-order valence-corrected chi connectivity index (χ1v) is 7.34. The molecule has 0 amide bonds. The lowest BCUT2D eigenvalue weighted by Crippen LogP contribution is -2.35. The third-order valence-corrected chi connectivity index (χ3v) is 4.47. The Morgan fingerprint density at radius 3 is 2.80 bits per heavy atom. The third-order valence-electron chi connectivity index (χ3n) is 4.47. The van der Waals surface area contributed by atoms with Crippen molar-refractivity contribution in [1.82, 2.24) is 9.88 Å². The van der Waals surface area contributed by atoms with Crippen molar-refractivity contribution in [2.75, 3.05) is 31.1 Å². The van der Waals surface area contributed by atoms with Crippen LogP contribution < -0.4 is 4.90 Å². The van der Waals surface area contributed by atoms with Crippen LogP contribution in [0.3, 0.4) is 0 Å². The maximum atomic E-state index is 11.5. The third kappa shape index (κ3) is 2.38. The minimum absolute atomic E-state index is 0.356. The Labute approximate surface area is 119 Å². The van der Waals surface area contributed by atoms with Crippen molar-refractivity contribution in [1.29, 1.82) is 0 Å². The summed E-state index contributed by atoms with van der Waals surface area (Å²) in [6.45, 7) is 6.01. The number of hydrogen-bond acceptors (Lipinski definition) is 4. The number of pyridine rings is 1. The van der Waals surface area contributed by atoms with E-state index in [1.807, 2.05) is 6.92 Å². The lowest BCUT2D eigenvalue weighted by molar-refractivity contribution is 0.0696. The van der Waals surface area contributed by atoms with Gasteiger partial charge < -0.3 is 10.0 Å². The molecule has 2 aliphatic rings. The molecule has 0 aliphatic carbocycles. The summed E-state index contributed by atoms with van der Waals surface area (Å²) in [6, 6.07) is 2.32. The number of nitrogens with zero attached hydrogens (tertiary/aromatic N) is 3. The van der Waals surface area contributed by atoms with E-state index in [1.54, 1.807) is 12.3 Å². The number of aryl methyl sites for hydroxylation is 1. The molecule has 1 atom stereocenters. The standard InChI is InChI=1S/C15H21N3O2/c1-11-4-6-16-14(13(11)15(19)20)18-9-5-12(10-18)17-7-2-3-8-17/h4,6,12H,2-3,5,7-10H2,1H3,(H,19,20). The summed E-state index contributed by atoms with van der Waals surface area (Å²) >= 11 is 0. The summed E-state index contributed by atoms with van der Waals surface area (Å²) < 4.78 is 0. The van der Waals surface area contributed by atoms with Crippen molar-refractivity contribution in [3.05, 3.63) is 23.4 Å². The highest BCUT2D eigenvalue weighted by Crippen LogP contribution is 2.27. The molecule has 0 aromatic carbocycles. The number of carbonyl (C=O) groups is 1. The summed E-state index contributed by atoms with van der Waals surface area (Å²) in [4.78, 5) is 20.5. The van der Waals surface area contributed by atoms with Crippen LogP contribution in [0.5, 0.6) is 0 Å². The van der Waals surface area contributed by atoms with E-state index >= 15 is 0 Å². The molecule has 0 bridgehead atoms. The molecule has 3 rings (SSSR count). The van der Waals surface area contributed by atoms with Crippen LogP contribution in [0.25, 0.3) is 0 Å². The highest BCUT2D eigenvalue weighted by molar-refractivity contribution is 5.95. The number of anilines is 1. The number of hydrogen-bond donors (Lipinski definition) is 1. The number of rotatable bonds is 3. The zero-order valence-electron chi connectivity index (χ0n) is 11.9. The van der Waals surface area contributed by atoms with Crippen molar-refractivity contribution in [3.8, 4) is 0 Å². The molecule has 2 fully saturated rings. The van der Waals surface area contributed by atoms with E-state index in [0.717, 1.165) is 25.1 Å². The fourth-order valence-electron chi connectivity index (χ4n) is 3.39. The van der Waals surface area contributed by atoms with Gasteiger partial charge in [-0.1, -0.05) is 0 Å². The quantitative estimate of drug-likeness (QED) is 0.911. The van der Waals surface area contributed by atoms with Gasteiger partial charge in [-0.05, 0) is 50.9 Å². The van der Waals surface area contributed by atoms with Gasteiger partial charge in [0.25, 0.3) is 0 Å². The second kappa shape index (κ2) is 5.40. The first-order chi connectivity index (χ1) is 9.66. The van der Waals surface area contributed by atoms with Crippen LogP contribution in [0.1, 0.15) is 35.2 Å². The largest absolute Gasteiger partial charge is 0.478 e. The van der Waals surface area contributed by atoms with E-state index in [2.05, 4.69) is 14.8 Å². The highest BCUT2D eigenvalue weighted by atomic mass is 16.4. The highest BCUT2D eigenvalue weighted by Gasteiger charge is 2.31. The Kier molecular flexibility index (Phi) is 3.61. The van der Waals surface area contributed by atoms with Crippen molar-refractivity contribution in [3.63, 3.8) is 0 Å². The zero-order valence-corrected chi connectivity index (χ0v) is 11.9. The van der Waals surface area contributed by atoms with Gasteiger partial charge in [-0.25, -0.2) is 9.78 Å². The monoisotopic (exact) mass is 275 g/mol. The van der Waals surface area contributed by atoms with Crippen molar-refractivity contribution in [2.24, 2.45) is 0 Å². The van der Waals surface area contributed by atoms with Crippen LogP contribution in [0.15, 0.2) is 12.3 Å². The maximum Gasteiger partial charge on any atom is 0.339 e. The van der Waals surface area contributed by atoms with E-state index in [4.69, 9.17) is 0 Å². The molecule has 20 heavy (non-hydrogen) atoms. The average molecular weight is 275 g/mol. The van der Waals surface area contributed by atoms with E-state index in [0.29, 0.717) is 17.4 Å². The topological polar surface area (TPSA) is 56.7 Å². The van der Waals surface area contributed by atoms with Gasteiger partial charge in [0.05, 0.1) is 0 Å². The smallest absolute Gasteiger partial charge is 0.339 e.